The van der Waals surface area contributed by atoms with Crippen molar-refractivity contribution in [1.82, 2.24) is 9.97 Å². The van der Waals surface area contributed by atoms with E-state index in [1.54, 1.807) is 0 Å². The summed E-state index contributed by atoms with van der Waals surface area (Å²) in [7, 11) is 0. The van der Waals surface area contributed by atoms with Crippen molar-refractivity contribution in [2.75, 3.05) is 36.5 Å². The van der Waals surface area contributed by atoms with Crippen molar-refractivity contribution in [2.45, 2.75) is 32.5 Å². The SMILES string of the molecule is Cc1cc(Nc2cc(Cl)ccc2C)nc(N2CCC3(CC2)OCCO3)n1. The number of nitrogens with zero attached hydrogens (tertiary/aromatic N) is 3. The van der Waals surface area contributed by atoms with Gasteiger partial charge in [-0.25, -0.2) is 4.98 Å². The van der Waals surface area contributed by atoms with Gasteiger partial charge in [0.15, 0.2) is 5.79 Å². The molecule has 0 amide bonds. The van der Waals surface area contributed by atoms with Gasteiger partial charge >= 0.3 is 0 Å². The summed E-state index contributed by atoms with van der Waals surface area (Å²) < 4.78 is 11.6. The second-order valence-corrected chi connectivity index (χ2v) is 7.31. The van der Waals surface area contributed by atoms with Crippen LogP contribution in [0.15, 0.2) is 24.3 Å². The first-order valence-corrected chi connectivity index (χ1v) is 9.33. The molecule has 0 unspecified atom stereocenters. The zero-order valence-electron chi connectivity index (χ0n) is 15.1. The largest absolute Gasteiger partial charge is 0.347 e. The highest BCUT2D eigenvalue weighted by Crippen LogP contribution is 2.33. The molecule has 1 spiro atoms. The number of halogens is 1. The molecule has 0 atom stereocenters. The van der Waals surface area contributed by atoms with Crippen LogP contribution in [0.1, 0.15) is 24.1 Å². The maximum absolute atomic E-state index is 6.12. The third kappa shape index (κ3) is 3.63. The van der Waals surface area contributed by atoms with Crippen LogP contribution in [0.3, 0.4) is 0 Å². The molecule has 6 nitrogen and oxygen atoms in total. The normalized spacial score (nSPS) is 19.1. The molecule has 0 saturated carbocycles. The van der Waals surface area contributed by atoms with Crippen molar-refractivity contribution in [3.8, 4) is 0 Å². The van der Waals surface area contributed by atoms with Gasteiger partial charge in [-0.2, -0.15) is 4.98 Å². The quantitative estimate of drug-likeness (QED) is 0.881. The first-order valence-electron chi connectivity index (χ1n) is 8.95. The third-order valence-electron chi connectivity index (χ3n) is 4.93. The van der Waals surface area contributed by atoms with Gasteiger partial charge in [0.2, 0.25) is 5.95 Å². The Hall–Kier alpha value is -1.89. The van der Waals surface area contributed by atoms with Gasteiger partial charge in [0.05, 0.1) is 13.2 Å². The topological polar surface area (TPSA) is 59.5 Å². The Morgan fingerprint density at radius 1 is 1.08 bits per heavy atom. The Bertz CT molecular complexity index is 798. The number of aromatic nitrogens is 2. The van der Waals surface area contributed by atoms with Crippen molar-refractivity contribution < 1.29 is 9.47 Å². The van der Waals surface area contributed by atoms with Crippen LogP contribution in [0.5, 0.6) is 0 Å². The third-order valence-corrected chi connectivity index (χ3v) is 5.16. The summed E-state index contributed by atoms with van der Waals surface area (Å²) in [4.78, 5) is 11.5. The number of ether oxygens (including phenoxy) is 2. The lowest BCUT2D eigenvalue weighted by Gasteiger charge is -2.37. The van der Waals surface area contributed by atoms with E-state index in [0.717, 1.165) is 54.6 Å². The Morgan fingerprint density at radius 3 is 2.54 bits per heavy atom. The van der Waals surface area contributed by atoms with Gasteiger partial charge in [-0.15, -0.1) is 0 Å². The maximum atomic E-state index is 6.12. The number of nitrogens with one attached hydrogen (secondary N) is 1. The second-order valence-electron chi connectivity index (χ2n) is 6.87. The molecule has 138 valence electrons. The van der Waals surface area contributed by atoms with Gasteiger partial charge in [0.1, 0.15) is 5.82 Å². The van der Waals surface area contributed by atoms with Crippen LogP contribution in [0, 0.1) is 13.8 Å². The minimum atomic E-state index is -0.390. The van der Waals surface area contributed by atoms with E-state index >= 15 is 0 Å². The molecule has 0 aliphatic carbocycles. The van der Waals surface area contributed by atoms with Crippen molar-refractivity contribution in [2.24, 2.45) is 0 Å². The lowest BCUT2D eigenvalue weighted by Crippen LogP contribution is -2.45. The number of hydrogen-bond donors (Lipinski definition) is 1. The van der Waals surface area contributed by atoms with E-state index in [1.165, 1.54) is 0 Å². The molecule has 0 bridgehead atoms. The van der Waals surface area contributed by atoms with E-state index in [4.69, 9.17) is 26.1 Å². The summed E-state index contributed by atoms with van der Waals surface area (Å²) in [6.07, 6.45) is 1.67. The summed E-state index contributed by atoms with van der Waals surface area (Å²) in [5.41, 5.74) is 2.99. The second kappa shape index (κ2) is 7.02. The van der Waals surface area contributed by atoms with E-state index < -0.39 is 0 Å². The molecule has 0 radical (unpaired) electrons. The first kappa shape index (κ1) is 17.5. The molecule has 2 saturated heterocycles. The average Bonchev–Trinajstić information content (AvgIpc) is 3.06. The van der Waals surface area contributed by atoms with Crippen molar-refractivity contribution in [3.63, 3.8) is 0 Å². The molecular weight excluding hydrogens is 352 g/mol. The highest BCUT2D eigenvalue weighted by molar-refractivity contribution is 6.30. The predicted molar refractivity (Wildman–Crippen MR) is 102 cm³/mol. The number of rotatable bonds is 3. The Kier molecular flexibility index (Phi) is 4.73. The predicted octanol–water partition coefficient (Wildman–Crippen LogP) is 3.83. The molecule has 1 N–H and O–H groups in total. The number of piperidine rings is 1. The summed E-state index contributed by atoms with van der Waals surface area (Å²) in [6, 6.07) is 7.73. The van der Waals surface area contributed by atoms with Crippen LogP contribution in [0.2, 0.25) is 5.02 Å². The van der Waals surface area contributed by atoms with Crippen molar-refractivity contribution >= 4 is 29.1 Å². The standard InChI is InChI=1S/C19H23ClN4O2/c1-13-3-4-15(20)12-16(13)22-17-11-14(2)21-18(23-17)24-7-5-19(6-8-24)25-9-10-26-19/h3-4,11-12H,5-10H2,1-2H3,(H,21,22,23). The number of anilines is 3. The highest BCUT2D eigenvalue weighted by Gasteiger charge is 2.40. The fourth-order valence-corrected chi connectivity index (χ4v) is 3.63. The molecule has 1 aromatic carbocycles. The number of hydrogen-bond acceptors (Lipinski definition) is 6. The summed E-state index contributed by atoms with van der Waals surface area (Å²) in [6.45, 7) is 7.04. The van der Waals surface area contributed by atoms with Gasteiger partial charge in [-0.1, -0.05) is 17.7 Å². The van der Waals surface area contributed by atoms with E-state index in [2.05, 4.69) is 15.2 Å². The lowest BCUT2D eigenvalue weighted by atomic mass is 10.0. The Labute approximate surface area is 158 Å². The summed E-state index contributed by atoms with van der Waals surface area (Å²) >= 11 is 6.12. The molecule has 3 heterocycles. The maximum Gasteiger partial charge on any atom is 0.227 e. The van der Waals surface area contributed by atoms with Gasteiger partial charge in [-0.3, -0.25) is 0 Å². The van der Waals surface area contributed by atoms with Crippen LogP contribution in [-0.4, -0.2) is 42.1 Å². The fourth-order valence-electron chi connectivity index (χ4n) is 3.46. The molecular formula is C19H23ClN4O2. The molecule has 2 aromatic rings. The van der Waals surface area contributed by atoms with Gasteiger partial charge in [0, 0.05) is 48.4 Å². The summed E-state index contributed by atoms with van der Waals surface area (Å²) in [5, 5.41) is 4.07. The zero-order chi connectivity index (χ0) is 18.1. The van der Waals surface area contributed by atoms with Crippen LogP contribution in [0.4, 0.5) is 17.5 Å². The van der Waals surface area contributed by atoms with E-state index in [9.17, 15) is 0 Å². The molecule has 2 fully saturated rings. The molecule has 7 heteroatoms. The minimum Gasteiger partial charge on any atom is -0.347 e. The van der Waals surface area contributed by atoms with Crippen LogP contribution >= 0.6 is 11.6 Å². The van der Waals surface area contributed by atoms with Gasteiger partial charge in [0.25, 0.3) is 0 Å². The molecule has 1 aromatic heterocycles. The lowest BCUT2D eigenvalue weighted by molar-refractivity contribution is -0.169. The van der Waals surface area contributed by atoms with Crippen molar-refractivity contribution in [3.05, 3.63) is 40.5 Å². The number of benzene rings is 1. The molecule has 2 aliphatic rings. The van der Waals surface area contributed by atoms with Gasteiger partial charge in [-0.05, 0) is 31.5 Å². The van der Waals surface area contributed by atoms with Crippen molar-refractivity contribution in [1.29, 1.82) is 0 Å². The zero-order valence-corrected chi connectivity index (χ0v) is 15.8. The summed E-state index contributed by atoms with van der Waals surface area (Å²) in [5.74, 6) is 1.12. The van der Waals surface area contributed by atoms with E-state index in [-0.39, 0.29) is 5.79 Å². The molecule has 2 aliphatic heterocycles. The fraction of sp³-hybridized carbons (Fsp3) is 0.474. The average molecular weight is 375 g/mol. The smallest absolute Gasteiger partial charge is 0.227 e. The number of aryl methyl sites for hydroxylation is 2. The van der Waals surface area contributed by atoms with E-state index in [1.807, 2.05) is 38.1 Å². The van der Waals surface area contributed by atoms with Crippen LogP contribution < -0.4 is 10.2 Å². The van der Waals surface area contributed by atoms with Crippen LogP contribution in [-0.2, 0) is 9.47 Å². The monoisotopic (exact) mass is 374 g/mol. The molecule has 26 heavy (non-hydrogen) atoms. The minimum absolute atomic E-state index is 0.390. The highest BCUT2D eigenvalue weighted by atomic mass is 35.5. The van der Waals surface area contributed by atoms with Gasteiger partial charge < -0.3 is 19.7 Å². The van der Waals surface area contributed by atoms with E-state index in [0.29, 0.717) is 18.2 Å². The first-order chi connectivity index (χ1) is 12.5. The Balaban J connectivity index is 1.52. The molecule has 4 rings (SSSR count). The Morgan fingerprint density at radius 2 is 1.81 bits per heavy atom. The van der Waals surface area contributed by atoms with Crippen LogP contribution in [0.25, 0.3) is 0 Å².